The van der Waals surface area contributed by atoms with Gasteiger partial charge in [-0.3, -0.25) is 14.4 Å². The first kappa shape index (κ1) is 27.3. The Hall–Kier alpha value is -3.83. The van der Waals surface area contributed by atoms with E-state index in [2.05, 4.69) is 20.9 Å². The molecule has 0 saturated carbocycles. The number of hydrogen-bond acceptors (Lipinski definition) is 7. The van der Waals surface area contributed by atoms with Gasteiger partial charge in [-0.05, 0) is 49.4 Å². The number of rotatable bonds is 9. The molecule has 6 atom stereocenters. The number of aliphatic hydroxyl groups is 1. The maximum Gasteiger partial charge on any atom is 0.247 e. The van der Waals surface area contributed by atoms with Crippen LogP contribution < -0.4 is 10.6 Å². The van der Waals surface area contributed by atoms with Gasteiger partial charge < -0.3 is 25.4 Å². The van der Waals surface area contributed by atoms with Crippen molar-refractivity contribution in [2.45, 2.75) is 70.0 Å². The lowest BCUT2D eigenvalue weighted by atomic mass is 9.65. The fraction of sp³-hybridized carbons (Fsp3) is 0.500. The highest BCUT2D eigenvalue weighted by Crippen LogP contribution is 2.64. The third-order valence-corrected chi connectivity index (χ3v) is 9.33. The van der Waals surface area contributed by atoms with Crippen LogP contribution in [0.25, 0.3) is 11.0 Å². The summed E-state index contributed by atoms with van der Waals surface area (Å²) in [5.41, 5.74) is 0.0428. The van der Waals surface area contributed by atoms with E-state index in [1.807, 2.05) is 63.2 Å². The average molecular weight is 561 g/mol. The van der Waals surface area contributed by atoms with Gasteiger partial charge in [0.15, 0.2) is 0 Å². The van der Waals surface area contributed by atoms with Crippen molar-refractivity contribution in [3.05, 3.63) is 54.6 Å². The van der Waals surface area contributed by atoms with Crippen LogP contribution in [-0.2, 0) is 25.8 Å². The van der Waals surface area contributed by atoms with Crippen LogP contribution in [0.4, 0.5) is 5.69 Å². The van der Waals surface area contributed by atoms with Crippen LogP contribution >= 0.6 is 0 Å². The number of ether oxygens (including phenoxy) is 1. The summed E-state index contributed by atoms with van der Waals surface area (Å²) < 4.78 is 8.40. The second-order valence-corrected chi connectivity index (χ2v) is 11.7. The predicted octanol–water partition coefficient (Wildman–Crippen LogP) is 2.32. The molecule has 3 N–H and O–H groups in total. The minimum absolute atomic E-state index is 0.0426. The maximum atomic E-state index is 14.4. The first-order valence-electron chi connectivity index (χ1n) is 14.3. The first-order chi connectivity index (χ1) is 19.8. The largest absolute Gasteiger partial charge is 0.394 e. The molecule has 3 fully saturated rings. The number of fused-ring (bicyclic) bond motifs is 2. The van der Waals surface area contributed by atoms with E-state index in [-0.39, 0.29) is 31.0 Å². The quantitative estimate of drug-likeness (QED) is 0.365. The molecule has 1 aromatic heterocycles. The number of anilines is 1. The molecule has 3 aliphatic heterocycles. The number of hydrogen-bond donors (Lipinski definition) is 3. The highest BCUT2D eigenvalue weighted by molar-refractivity contribution is 6.02. The van der Waals surface area contributed by atoms with E-state index < -0.39 is 41.0 Å². The lowest BCUT2D eigenvalue weighted by Gasteiger charge is -2.38. The first-order valence-corrected chi connectivity index (χ1v) is 14.3. The number of aliphatic hydroxyl groups excluding tert-OH is 1. The molecule has 11 nitrogen and oxygen atoms in total. The molecule has 4 heterocycles. The van der Waals surface area contributed by atoms with Crippen molar-refractivity contribution >= 4 is 34.4 Å². The number of para-hydroxylation sites is 2. The summed E-state index contributed by atoms with van der Waals surface area (Å²) in [6.45, 7) is 5.49. The van der Waals surface area contributed by atoms with Gasteiger partial charge in [-0.2, -0.15) is 0 Å². The average Bonchev–Trinajstić information content (AvgIpc) is 3.70. The third-order valence-electron chi connectivity index (χ3n) is 9.33. The maximum absolute atomic E-state index is 14.4. The van der Waals surface area contributed by atoms with Crippen LogP contribution in [0, 0.1) is 17.8 Å². The summed E-state index contributed by atoms with van der Waals surface area (Å²) in [7, 11) is 0. The SMILES string of the molecule is CC[C@@]12CCC3(O1)C(C(=O)NCn1nnc4ccccc41)N([C@@H](CO)C(C)C)C(=O)[C@@H]3[C@@H]2C(=O)Nc1ccccc1. The Morgan fingerprint density at radius 3 is 2.54 bits per heavy atom. The normalized spacial score (nSPS) is 29.2. The topological polar surface area (TPSA) is 139 Å². The summed E-state index contributed by atoms with van der Waals surface area (Å²) in [4.78, 5) is 43.9. The van der Waals surface area contributed by atoms with E-state index in [0.717, 1.165) is 5.52 Å². The van der Waals surface area contributed by atoms with E-state index in [0.29, 0.717) is 30.5 Å². The smallest absolute Gasteiger partial charge is 0.247 e. The van der Waals surface area contributed by atoms with Crippen LogP contribution in [-0.4, -0.2) is 72.6 Å². The highest BCUT2D eigenvalue weighted by atomic mass is 16.5. The van der Waals surface area contributed by atoms with Gasteiger partial charge in [0.2, 0.25) is 17.7 Å². The van der Waals surface area contributed by atoms with Crippen LogP contribution in [0.1, 0.15) is 40.0 Å². The molecule has 0 aliphatic carbocycles. The van der Waals surface area contributed by atoms with Crippen LogP contribution in [0.5, 0.6) is 0 Å². The standard InChI is InChI=1S/C30H36N6O5/c1-4-29-14-15-30(41-29)24(23(29)26(38)32-19-10-6-5-7-11-19)28(40)36(22(16-37)18(2)3)25(30)27(39)31-17-35-21-13-9-8-12-20(21)33-34-35/h5-13,18,22-25,37H,4,14-17H2,1-3H3,(H,31,39)(H,32,38)/t22-,23+,24-,25?,29-,30?/m0/s1. The Labute approximate surface area is 238 Å². The van der Waals surface area contributed by atoms with Crippen LogP contribution in [0.2, 0.25) is 0 Å². The van der Waals surface area contributed by atoms with Gasteiger partial charge in [0.1, 0.15) is 23.8 Å². The molecule has 1 spiro atoms. The van der Waals surface area contributed by atoms with Gasteiger partial charge in [-0.1, -0.05) is 56.3 Å². The lowest BCUT2D eigenvalue weighted by Crippen LogP contribution is -2.59. The molecule has 3 aromatic rings. The second-order valence-electron chi connectivity index (χ2n) is 11.7. The molecule has 2 bridgehead atoms. The number of nitrogens with zero attached hydrogens (tertiary/aromatic N) is 4. The summed E-state index contributed by atoms with van der Waals surface area (Å²) in [5, 5.41) is 24.7. The Morgan fingerprint density at radius 1 is 1.10 bits per heavy atom. The molecule has 2 unspecified atom stereocenters. The number of likely N-dealkylation sites (tertiary alicyclic amines) is 1. The Kier molecular flexibility index (Phi) is 6.82. The van der Waals surface area contributed by atoms with Gasteiger partial charge in [0, 0.05) is 5.69 Å². The zero-order valence-corrected chi connectivity index (χ0v) is 23.5. The van der Waals surface area contributed by atoms with E-state index in [1.54, 1.807) is 16.8 Å². The number of nitrogens with one attached hydrogen (secondary N) is 2. The van der Waals surface area contributed by atoms with E-state index in [4.69, 9.17) is 4.74 Å². The second kappa shape index (κ2) is 10.2. The van der Waals surface area contributed by atoms with Crippen LogP contribution in [0.3, 0.4) is 0 Å². The summed E-state index contributed by atoms with van der Waals surface area (Å²) in [6, 6.07) is 14.9. The van der Waals surface area contributed by atoms with Gasteiger partial charge in [0.05, 0.1) is 35.6 Å². The predicted molar refractivity (Wildman–Crippen MR) is 150 cm³/mol. The molecule has 216 valence electrons. The molecule has 6 rings (SSSR count). The molecule has 3 amide bonds. The molecule has 11 heteroatoms. The van der Waals surface area contributed by atoms with Gasteiger partial charge in [-0.25, -0.2) is 4.68 Å². The third kappa shape index (κ3) is 4.13. The van der Waals surface area contributed by atoms with E-state index in [9.17, 15) is 19.5 Å². The zero-order valence-electron chi connectivity index (χ0n) is 23.5. The van der Waals surface area contributed by atoms with Crippen LogP contribution in [0.15, 0.2) is 54.6 Å². The van der Waals surface area contributed by atoms with Crippen molar-refractivity contribution in [1.82, 2.24) is 25.2 Å². The Bertz CT molecular complexity index is 1480. The van der Waals surface area contributed by atoms with E-state index >= 15 is 0 Å². The minimum atomic E-state index is -1.19. The van der Waals surface area contributed by atoms with Gasteiger partial charge in [0.25, 0.3) is 0 Å². The fourth-order valence-corrected chi connectivity index (χ4v) is 7.36. The van der Waals surface area contributed by atoms with Crippen molar-refractivity contribution in [1.29, 1.82) is 0 Å². The molecule has 3 saturated heterocycles. The number of carbonyl (C=O) groups is 3. The van der Waals surface area contributed by atoms with Gasteiger partial charge >= 0.3 is 0 Å². The van der Waals surface area contributed by atoms with E-state index in [1.165, 1.54) is 4.90 Å². The van der Waals surface area contributed by atoms with Crippen molar-refractivity contribution in [3.63, 3.8) is 0 Å². The molecule has 3 aliphatic rings. The van der Waals surface area contributed by atoms with Crippen molar-refractivity contribution < 1.29 is 24.2 Å². The monoisotopic (exact) mass is 560 g/mol. The highest BCUT2D eigenvalue weighted by Gasteiger charge is 2.79. The number of amides is 3. The lowest BCUT2D eigenvalue weighted by molar-refractivity contribution is -0.151. The fourth-order valence-electron chi connectivity index (χ4n) is 7.36. The number of aromatic nitrogens is 3. The van der Waals surface area contributed by atoms with Crippen molar-refractivity contribution in [2.24, 2.45) is 17.8 Å². The molecule has 41 heavy (non-hydrogen) atoms. The minimum Gasteiger partial charge on any atom is -0.394 e. The summed E-state index contributed by atoms with van der Waals surface area (Å²) in [5.74, 6) is -2.79. The Balaban J connectivity index is 1.36. The van der Waals surface area contributed by atoms with Gasteiger partial charge in [-0.15, -0.1) is 5.10 Å². The van der Waals surface area contributed by atoms with Crippen molar-refractivity contribution in [2.75, 3.05) is 11.9 Å². The number of carbonyl (C=O) groups excluding carboxylic acids is 3. The zero-order chi connectivity index (χ0) is 28.9. The molecule has 0 radical (unpaired) electrons. The Morgan fingerprint density at radius 2 is 1.83 bits per heavy atom. The molecular weight excluding hydrogens is 524 g/mol. The summed E-state index contributed by atoms with van der Waals surface area (Å²) >= 11 is 0. The number of benzene rings is 2. The summed E-state index contributed by atoms with van der Waals surface area (Å²) in [6.07, 6.45) is 1.54. The molecule has 2 aromatic carbocycles. The molecular formula is C30H36N6O5. The van der Waals surface area contributed by atoms with Crippen molar-refractivity contribution in [3.8, 4) is 0 Å².